The fraction of sp³-hybridized carbons (Fsp3) is 0.120. The van der Waals surface area contributed by atoms with E-state index in [4.69, 9.17) is 0 Å². The highest BCUT2D eigenvalue weighted by Crippen LogP contribution is 2.34. The van der Waals surface area contributed by atoms with Crippen LogP contribution in [0.3, 0.4) is 0 Å². The molecule has 0 bridgehead atoms. The van der Waals surface area contributed by atoms with Crippen LogP contribution in [0, 0.1) is 13.8 Å². The maximum absolute atomic E-state index is 4.46. The first kappa shape index (κ1) is 17.2. The van der Waals surface area contributed by atoms with Crippen molar-refractivity contribution >= 4 is 0 Å². The third kappa shape index (κ3) is 3.26. The molecule has 1 heterocycles. The number of nitrogens with zero attached hydrogens (tertiary/aromatic N) is 2. The van der Waals surface area contributed by atoms with E-state index in [1.54, 1.807) is 0 Å². The lowest BCUT2D eigenvalue weighted by Crippen LogP contribution is -2.32. The molecule has 0 fully saturated rings. The van der Waals surface area contributed by atoms with Gasteiger partial charge in [-0.2, -0.15) is 0 Å². The standard InChI is InChI=1S/C25H23N2/c1-18-9-7-8-12-23(18)25-24(16-26-17-27(25)3)22-14-13-21(15-19(22)2)20-10-5-4-6-11-20/h4-17H,1-3H3/q+1. The van der Waals surface area contributed by atoms with Gasteiger partial charge in [0.2, 0.25) is 0 Å². The van der Waals surface area contributed by atoms with Crippen molar-refractivity contribution in [3.8, 4) is 33.5 Å². The van der Waals surface area contributed by atoms with Crippen molar-refractivity contribution in [1.82, 2.24) is 4.98 Å². The summed E-state index contributed by atoms with van der Waals surface area (Å²) in [5.74, 6) is 0. The van der Waals surface area contributed by atoms with Gasteiger partial charge in [0, 0.05) is 5.56 Å². The lowest BCUT2D eigenvalue weighted by atomic mass is 9.92. The molecule has 0 aliphatic rings. The minimum atomic E-state index is 1.16. The number of rotatable bonds is 3. The van der Waals surface area contributed by atoms with E-state index in [9.17, 15) is 0 Å². The molecule has 3 aromatic carbocycles. The van der Waals surface area contributed by atoms with Gasteiger partial charge in [-0.1, -0.05) is 77.8 Å². The van der Waals surface area contributed by atoms with Crippen molar-refractivity contribution in [2.75, 3.05) is 0 Å². The van der Waals surface area contributed by atoms with E-state index in [0.717, 1.165) is 5.56 Å². The van der Waals surface area contributed by atoms with Crippen LogP contribution in [0.2, 0.25) is 0 Å². The fourth-order valence-electron chi connectivity index (χ4n) is 3.66. The van der Waals surface area contributed by atoms with Gasteiger partial charge in [0.05, 0.1) is 12.6 Å². The minimum Gasteiger partial charge on any atom is -0.232 e. The summed E-state index contributed by atoms with van der Waals surface area (Å²) >= 11 is 0. The van der Waals surface area contributed by atoms with Crippen LogP contribution in [0.15, 0.2) is 85.3 Å². The molecular formula is C25H23N2+. The third-order valence-corrected chi connectivity index (χ3v) is 5.08. The Kier molecular flexibility index (Phi) is 4.55. The summed E-state index contributed by atoms with van der Waals surface area (Å²) in [5.41, 5.74) is 9.80. The molecule has 2 heteroatoms. The highest BCUT2D eigenvalue weighted by molar-refractivity contribution is 5.82. The number of hydrogen-bond acceptors (Lipinski definition) is 1. The van der Waals surface area contributed by atoms with E-state index in [1.165, 1.54) is 39.1 Å². The maximum atomic E-state index is 4.46. The Hall–Kier alpha value is -3.26. The summed E-state index contributed by atoms with van der Waals surface area (Å²) in [7, 11) is 2.06. The zero-order valence-electron chi connectivity index (χ0n) is 16.0. The highest BCUT2D eigenvalue weighted by Gasteiger charge is 2.19. The van der Waals surface area contributed by atoms with Gasteiger partial charge in [0.25, 0.3) is 6.33 Å². The van der Waals surface area contributed by atoms with Crippen LogP contribution in [-0.2, 0) is 7.05 Å². The summed E-state index contributed by atoms with van der Waals surface area (Å²) in [6.07, 6.45) is 3.85. The Bertz CT molecular complexity index is 1100. The highest BCUT2D eigenvalue weighted by atomic mass is 15.0. The Morgan fingerprint density at radius 2 is 1.41 bits per heavy atom. The first-order valence-corrected chi connectivity index (χ1v) is 9.21. The van der Waals surface area contributed by atoms with E-state index in [2.05, 4.69) is 103 Å². The number of aromatic nitrogens is 2. The molecule has 0 atom stereocenters. The second-order valence-electron chi connectivity index (χ2n) is 6.98. The van der Waals surface area contributed by atoms with Crippen LogP contribution >= 0.6 is 0 Å². The molecule has 0 radical (unpaired) electrons. The number of benzene rings is 3. The van der Waals surface area contributed by atoms with Crippen molar-refractivity contribution in [1.29, 1.82) is 0 Å². The van der Waals surface area contributed by atoms with Gasteiger partial charge < -0.3 is 0 Å². The van der Waals surface area contributed by atoms with Gasteiger partial charge >= 0.3 is 0 Å². The van der Waals surface area contributed by atoms with E-state index in [-0.39, 0.29) is 0 Å². The molecule has 0 saturated heterocycles. The second-order valence-corrected chi connectivity index (χ2v) is 6.98. The lowest BCUT2D eigenvalue weighted by molar-refractivity contribution is -0.663. The van der Waals surface area contributed by atoms with E-state index >= 15 is 0 Å². The van der Waals surface area contributed by atoms with Gasteiger partial charge in [-0.25, -0.2) is 4.57 Å². The second kappa shape index (κ2) is 7.16. The van der Waals surface area contributed by atoms with Crippen LogP contribution in [0.1, 0.15) is 11.1 Å². The minimum absolute atomic E-state index is 1.16. The van der Waals surface area contributed by atoms with Crippen molar-refractivity contribution in [2.24, 2.45) is 7.05 Å². The predicted molar refractivity (Wildman–Crippen MR) is 111 cm³/mol. The van der Waals surface area contributed by atoms with Gasteiger partial charge in [-0.15, -0.1) is 0 Å². The van der Waals surface area contributed by atoms with Gasteiger partial charge in [-0.05, 0) is 41.7 Å². The van der Waals surface area contributed by atoms with Gasteiger partial charge in [0.15, 0.2) is 6.20 Å². The summed E-state index contributed by atoms with van der Waals surface area (Å²) in [6, 6.07) is 25.7. The lowest BCUT2D eigenvalue weighted by Gasteiger charge is -2.13. The van der Waals surface area contributed by atoms with Gasteiger partial charge in [0.1, 0.15) is 5.69 Å². The smallest absolute Gasteiger partial charge is 0.232 e. The normalized spacial score (nSPS) is 10.8. The molecule has 0 saturated carbocycles. The Balaban J connectivity index is 1.88. The summed E-state index contributed by atoms with van der Waals surface area (Å²) in [4.78, 5) is 4.46. The van der Waals surface area contributed by atoms with Crippen LogP contribution in [0.4, 0.5) is 0 Å². The van der Waals surface area contributed by atoms with E-state index in [1.807, 2.05) is 12.5 Å². The molecule has 1 aromatic heterocycles. The van der Waals surface area contributed by atoms with Crippen molar-refractivity contribution in [3.63, 3.8) is 0 Å². The van der Waals surface area contributed by atoms with Crippen molar-refractivity contribution in [3.05, 3.63) is 96.4 Å². The molecular weight excluding hydrogens is 328 g/mol. The van der Waals surface area contributed by atoms with Crippen LogP contribution in [-0.4, -0.2) is 4.98 Å². The largest absolute Gasteiger partial charge is 0.286 e. The molecule has 0 unspecified atom stereocenters. The topological polar surface area (TPSA) is 16.8 Å². The van der Waals surface area contributed by atoms with E-state index in [0.29, 0.717) is 0 Å². The first-order chi connectivity index (χ1) is 13.1. The summed E-state index contributed by atoms with van der Waals surface area (Å²) in [6.45, 7) is 4.33. The predicted octanol–water partition coefficient (Wildman–Crippen LogP) is 5.52. The van der Waals surface area contributed by atoms with Gasteiger partial charge in [-0.3, -0.25) is 0 Å². The monoisotopic (exact) mass is 351 g/mol. The molecule has 0 aliphatic carbocycles. The van der Waals surface area contributed by atoms with E-state index < -0.39 is 0 Å². The molecule has 4 aromatic rings. The maximum Gasteiger partial charge on any atom is 0.286 e. The molecule has 27 heavy (non-hydrogen) atoms. The summed E-state index contributed by atoms with van der Waals surface area (Å²) < 4.78 is 2.11. The Morgan fingerprint density at radius 1 is 0.667 bits per heavy atom. The SMILES string of the molecule is Cc1cc(-c2ccccc2)ccc1-c1cnc[n+](C)c1-c1ccccc1C. The molecule has 0 aliphatic heterocycles. The first-order valence-electron chi connectivity index (χ1n) is 9.21. The number of aryl methyl sites for hydroxylation is 3. The van der Waals surface area contributed by atoms with Crippen LogP contribution in [0.25, 0.3) is 33.5 Å². The molecule has 2 nitrogen and oxygen atoms in total. The quantitative estimate of drug-likeness (QED) is 0.444. The molecule has 132 valence electrons. The zero-order chi connectivity index (χ0) is 18.8. The number of hydrogen-bond donors (Lipinski definition) is 0. The Labute approximate surface area is 160 Å². The average Bonchev–Trinajstić information content (AvgIpc) is 2.69. The Morgan fingerprint density at radius 3 is 2.15 bits per heavy atom. The third-order valence-electron chi connectivity index (χ3n) is 5.08. The van der Waals surface area contributed by atoms with Crippen LogP contribution in [0.5, 0.6) is 0 Å². The molecule has 0 spiro atoms. The zero-order valence-corrected chi connectivity index (χ0v) is 16.0. The fourth-order valence-corrected chi connectivity index (χ4v) is 3.66. The molecule has 0 amide bonds. The van der Waals surface area contributed by atoms with Crippen molar-refractivity contribution in [2.45, 2.75) is 13.8 Å². The molecule has 0 N–H and O–H groups in total. The van der Waals surface area contributed by atoms with Crippen LogP contribution < -0.4 is 4.57 Å². The average molecular weight is 351 g/mol. The van der Waals surface area contributed by atoms with Crippen molar-refractivity contribution < 1.29 is 4.57 Å². The molecule has 4 rings (SSSR count). The summed E-state index contributed by atoms with van der Waals surface area (Å²) in [5, 5.41) is 0.